The molecule has 2 aromatic rings. The smallest absolute Gasteiger partial charge is 0.255 e. The minimum Gasteiger partial charge on any atom is -0.322 e. The molecule has 23 heavy (non-hydrogen) atoms. The minimum absolute atomic E-state index is 0.288. The molecule has 0 bridgehead atoms. The highest BCUT2D eigenvalue weighted by atomic mass is 35.5. The molecule has 0 saturated heterocycles. The highest BCUT2D eigenvalue weighted by molar-refractivity contribution is 7.92. The molecule has 5 nitrogen and oxygen atoms in total. The number of sulfonamides is 1. The van der Waals surface area contributed by atoms with E-state index < -0.39 is 10.0 Å². The van der Waals surface area contributed by atoms with Gasteiger partial charge in [0.15, 0.2) is 0 Å². The van der Waals surface area contributed by atoms with Gasteiger partial charge < -0.3 is 5.32 Å². The van der Waals surface area contributed by atoms with Gasteiger partial charge >= 0.3 is 0 Å². The van der Waals surface area contributed by atoms with Crippen LogP contribution < -0.4 is 10.0 Å². The van der Waals surface area contributed by atoms with Gasteiger partial charge in [0.1, 0.15) is 0 Å². The number of benzene rings is 2. The summed E-state index contributed by atoms with van der Waals surface area (Å²) >= 11 is 5.94. The van der Waals surface area contributed by atoms with Crippen molar-refractivity contribution in [1.82, 2.24) is 0 Å². The van der Waals surface area contributed by atoms with Crippen LogP contribution in [0.25, 0.3) is 0 Å². The molecular weight excluding hydrogens is 336 g/mol. The third-order valence-corrected chi connectivity index (χ3v) is 4.06. The standard InChI is InChI=1S/C16H17ClN2O3S/c1-10-4-6-13(17)9-15(10)18-16(20)12-5-7-14(11(2)8-12)19-23(3,21)22/h4-9,19H,1-3H3,(H,18,20). The third kappa shape index (κ3) is 4.71. The molecule has 0 spiro atoms. The van der Waals surface area contributed by atoms with Gasteiger partial charge in [-0.05, 0) is 55.3 Å². The number of anilines is 2. The van der Waals surface area contributed by atoms with Crippen molar-refractivity contribution < 1.29 is 13.2 Å². The Balaban J connectivity index is 2.23. The molecule has 0 atom stereocenters. The summed E-state index contributed by atoms with van der Waals surface area (Å²) in [7, 11) is -3.36. The summed E-state index contributed by atoms with van der Waals surface area (Å²) in [6.45, 7) is 3.60. The maximum absolute atomic E-state index is 12.3. The Morgan fingerprint density at radius 3 is 2.30 bits per heavy atom. The molecule has 0 aliphatic rings. The van der Waals surface area contributed by atoms with E-state index in [9.17, 15) is 13.2 Å². The van der Waals surface area contributed by atoms with Crippen LogP contribution in [0.2, 0.25) is 5.02 Å². The van der Waals surface area contributed by atoms with E-state index >= 15 is 0 Å². The van der Waals surface area contributed by atoms with Crippen molar-refractivity contribution in [2.75, 3.05) is 16.3 Å². The average Bonchev–Trinajstić information content (AvgIpc) is 2.43. The number of halogens is 1. The molecule has 0 aliphatic carbocycles. The first kappa shape index (κ1) is 17.3. The lowest BCUT2D eigenvalue weighted by molar-refractivity contribution is 0.102. The maximum atomic E-state index is 12.3. The number of hydrogen-bond acceptors (Lipinski definition) is 3. The van der Waals surface area contributed by atoms with E-state index in [1.54, 1.807) is 37.3 Å². The van der Waals surface area contributed by atoms with Crippen LogP contribution in [0.3, 0.4) is 0 Å². The van der Waals surface area contributed by atoms with Gasteiger partial charge in [0.05, 0.1) is 11.9 Å². The molecule has 0 unspecified atom stereocenters. The van der Waals surface area contributed by atoms with E-state index in [2.05, 4.69) is 10.0 Å². The normalized spacial score (nSPS) is 11.1. The lowest BCUT2D eigenvalue weighted by Gasteiger charge is -2.11. The summed E-state index contributed by atoms with van der Waals surface area (Å²) in [4.78, 5) is 12.3. The second-order valence-electron chi connectivity index (χ2n) is 5.32. The topological polar surface area (TPSA) is 75.3 Å². The fourth-order valence-corrected chi connectivity index (χ4v) is 2.84. The van der Waals surface area contributed by atoms with Crippen LogP contribution in [-0.2, 0) is 10.0 Å². The molecule has 1 amide bonds. The fraction of sp³-hybridized carbons (Fsp3) is 0.188. The number of amides is 1. The molecule has 0 saturated carbocycles. The summed E-state index contributed by atoms with van der Waals surface area (Å²) in [5.74, 6) is -0.288. The molecule has 2 aromatic carbocycles. The van der Waals surface area contributed by atoms with E-state index in [1.165, 1.54) is 0 Å². The van der Waals surface area contributed by atoms with Crippen molar-refractivity contribution in [3.63, 3.8) is 0 Å². The minimum atomic E-state index is -3.36. The largest absolute Gasteiger partial charge is 0.322 e. The second-order valence-corrected chi connectivity index (χ2v) is 7.50. The Morgan fingerprint density at radius 1 is 1.00 bits per heavy atom. The van der Waals surface area contributed by atoms with Crippen LogP contribution in [0.15, 0.2) is 36.4 Å². The van der Waals surface area contributed by atoms with Crippen molar-refractivity contribution in [2.24, 2.45) is 0 Å². The fourth-order valence-electron chi connectivity index (χ4n) is 2.04. The van der Waals surface area contributed by atoms with Crippen LogP contribution in [0.4, 0.5) is 11.4 Å². The Morgan fingerprint density at radius 2 is 1.70 bits per heavy atom. The zero-order valence-electron chi connectivity index (χ0n) is 13.0. The SMILES string of the molecule is Cc1ccc(Cl)cc1NC(=O)c1ccc(NS(C)(=O)=O)c(C)c1. The first-order chi connectivity index (χ1) is 10.7. The number of carbonyl (C=O) groups excluding carboxylic acids is 1. The number of rotatable bonds is 4. The predicted octanol–water partition coefficient (Wildman–Crippen LogP) is 3.58. The third-order valence-electron chi connectivity index (χ3n) is 3.23. The van der Waals surface area contributed by atoms with Crippen molar-refractivity contribution in [3.05, 3.63) is 58.1 Å². The summed E-state index contributed by atoms with van der Waals surface area (Å²) in [6.07, 6.45) is 1.08. The quantitative estimate of drug-likeness (QED) is 0.883. The molecular formula is C16H17ClN2O3S. The number of carbonyl (C=O) groups is 1. The van der Waals surface area contributed by atoms with Gasteiger partial charge in [-0.1, -0.05) is 17.7 Å². The summed E-state index contributed by atoms with van der Waals surface area (Å²) < 4.78 is 25.0. The van der Waals surface area contributed by atoms with Gasteiger partial charge in [-0.15, -0.1) is 0 Å². The first-order valence-corrected chi connectivity index (χ1v) is 9.08. The Hall–Kier alpha value is -2.05. The lowest BCUT2D eigenvalue weighted by Crippen LogP contribution is -2.14. The van der Waals surface area contributed by atoms with Crippen LogP contribution >= 0.6 is 11.6 Å². The molecule has 0 heterocycles. The molecule has 2 N–H and O–H groups in total. The zero-order chi connectivity index (χ0) is 17.2. The van der Waals surface area contributed by atoms with Crippen LogP contribution in [0, 0.1) is 13.8 Å². The number of hydrogen-bond donors (Lipinski definition) is 2. The maximum Gasteiger partial charge on any atom is 0.255 e. The van der Waals surface area contributed by atoms with Gasteiger partial charge in [0, 0.05) is 16.3 Å². The summed E-state index contributed by atoms with van der Waals surface area (Å²) in [5.41, 5.74) is 3.07. The molecule has 2 rings (SSSR count). The Bertz CT molecular complexity index is 864. The molecule has 0 aromatic heterocycles. The van der Waals surface area contributed by atoms with E-state index in [0.717, 1.165) is 11.8 Å². The van der Waals surface area contributed by atoms with E-state index in [-0.39, 0.29) is 5.91 Å². The van der Waals surface area contributed by atoms with Gasteiger partial charge in [0.25, 0.3) is 5.91 Å². The van der Waals surface area contributed by atoms with Crippen molar-refractivity contribution in [2.45, 2.75) is 13.8 Å². The average molecular weight is 353 g/mol. The van der Waals surface area contributed by atoms with Crippen LogP contribution in [-0.4, -0.2) is 20.6 Å². The van der Waals surface area contributed by atoms with Crippen LogP contribution in [0.5, 0.6) is 0 Å². The molecule has 0 radical (unpaired) electrons. The molecule has 0 aliphatic heterocycles. The Labute approximate surface area is 140 Å². The van der Waals surface area contributed by atoms with Gasteiger partial charge in [0.2, 0.25) is 10.0 Å². The van der Waals surface area contributed by atoms with E-state index in [4.69, 9.17) is 11.6 Å². The highest BCUT2D eigenvalue weighted by Gasteiger charge is 2.11. The second kappa shape index (κ2) is 6.60. The molecule has 122 valence electrons. The predicted molar refractivity (Wildman–Crippen MR) is 93.8 cm³/mol. The Kier molecular flexibility index (Phi) is 4.97. The molecule has 7 heteroatoms. The van der Waals surface area contributed by atoms with E-state index in [0.29, 0.717) is 27.5 Å². The number of aryl methyl sites for hydroxylation is 2. The first-order valence-electron chi connectivity index (χ1n) is 6.81. The zero-order valence-corrected chi connectivity index (χ0v) is 14.5. The summed E-state index contributed by atoms with van der Waals surface area (Å²) in [6, 6.07) is 10.0. The van der Waals surface area contributed by atoms with Crippen molar-refractivity contribution in [3.8, 4) is 0 Å². The lowest BCUT2D eigenvalue weighted by atomic mass is 10.1. The monoisotopic (exact) mass is 352 g/mol. The van der Waals surface area contributed by atoms with Crippen molar-refractivity contribution >= 4 is 38.9 Å². The summed E-state index contributed by atoms with van der Waals surface area (Å²) in [5, 5.41) is 3.34. The highest BCUT2D eigenvalue weighted by Crippen LogP contribution is 2.22. The van der Waals surface area contributed by atoms with Gasteiger partial charge in [-0.2, -0.15) is 0 Å². The molecule has 0 fully saturated rings. The van der Waals surface area contributed by atoms with Gasteiger partial charge in [-0.25, -0.2) is 8.42 Å². The van der Waals surface area contributed by atoms with Crippen LogP contribution in [0.1, 0.15) is 21.5 Å². The van der Waals surface area contributed by atoms with Crippen molar-refractivity contribution in [1.29, 1.82) is 0 Å². The number of nitrogens with one attached hydrogen (secondary N) is 2. The van der Waals surface area contributed by atoms with E-state index in [1.807, 2.05) is 13.0 Å². The van der Waals surface area contributed by atoms with Gasteiger partial charge in [-0.3, -0.25) is 9.52 Å².